The molecule has 0 aliphatic carbocycles. The number of amides is 1. The number of carbonyl (C=O) groups excluding carboxylic acids is 4. The molecule has 1 amide bonds. The summed E-state index contributed by atoms with van der Waals surface area (Å²) in [6.45, 7) is 12.8. The quantitative estimate of drug-likeness (QED) is 0.101. The molecule has 0 fully saturated rings. The maximum Gasteiger partial charge on any atom is 0.378 e. The number of ether oxygens (including phenoxy) is 3. The van der Waals surface area contributed by atoms with Crippen LogP contribution in [-0.4, -0.2) is 37.0 Å². The van der Waals surface area contributed by atoms with Gasteiger partial charge in [-0.1, -0.05) is 79.2 Å². The standard InChI is InChI=1S/C21H40O4.C15H14N2O3/c1-6-10-12-18(8-3)15-24-20(22)14-17(5)21(23)25-16-19(9-4)13-11-7-2;1-12(18)16-13-5-7-14(8-6-13)20-15(19)11-17-9-3-2-4-10-17/h17-19H,6-16H2,1-5H3;2-10H,11H2,1H3/p+1. The van der Waals surface area contributed by atoms with Crippen LogP contribution in [0.4, 0.5) is 5.69 Å². The smallest absolute Gasteiger partial charge is 0.378 e. The van der Waals surface area contributed by atoms with E-state index in [-0.39, 0.29) is 36.8 Å². The fourth-order valence-corrected chi connectivity index (χ4v) is 4.40. The summed E-state index contributed by atoms with van der Waals surface area (Å²) in [7, 11) is 0. The van der Waals surface area contributed by atoms with E-state index in [4.69, 9.17) is 14.2 Å². The molecule has 3 unspecified atom stereocenters. The van der Waals surface area contributed by atoms with Gasteiger partial charge in [-0.25, -0.2) is 4.79 Å². The number of hydrogen-bond donors (Lipinski definition) is 1. The largest absolute Gasteiger partial charge is 0.465 e. The Morgan fingerprint density at radius 3 is 1.84 bits per heavy atom. The third kappa shape index (κ3) is 18.6. The summed E-state index contributed by atoms with van der Waals surface area (Å²) in [6.07, 6.45) is 12.5. The van der Waals surface area contributed by atoms with Gasteiger partial charge in [-0.05, 0) is 48.9 Å². The number of nitrogens with one attached hydrogen (secondary N) is 1. The first-order chi connectivity index (χ1) is 21.6. The number of rotatable bonds is 19. The number of unbranched alkanes of at least 4 members (excludes halogenated alkanes) is 2. The fourth-order valence-electron chi connectivity index (χ4n) is 4.40. The lowest BCUT2D eigenvalue weighted by atomic mass is 10.0. The molecule has 250 valence electrons. The summed E-state index contributed by atoms with van der Waals surface area (Å²) in [6, 6.07) is 12.2. The number of carbonyl (C=O) groups is 4. The van der Waals surface area contributed by atoms with E-state index >= 15 is 0 Å². The number of benzene rings is 1. The minimum atomic E-state index is -0.438. The number of anilines is 1. The molecule has 0 spiro atoms. The number of pyridine rings is 1. The lowest BCUT2D eigenvalue weighted by Crippen LogP contribution is -2.38. The third-order valence-corrected chi connectivity index (χ3v) is 7.40. The van der Waals surface area contributed by atoms with E-state index in [1.54, 1.807) is 48.1 Å². The Balaban J connectivity index is 0.000000459. The molecule has 3 atom stereocenters. The van der Waals surface area contributed by atoms with Crippen molar-refractivity contribution in [3.63, 3.8) is 0 Å². The van der Waals surface area contributed by atoms with Crippen LogP contribution in [0.25, 0.3) is 0 Å². The van der Waals surface area contributed by atoms with Crippen molar-refractivity contribution in [3.05, 3.63) is 54.9 Å². The zero-order chi connectivity index (χ0) is 33.5. The molecule has 9 nitrogen and oxygen atoms in total. The first-order valence-corrected chi connectivity index (χ1v) is 16.5. The Morgan fingerprint density at radius 1 is 0.778 bits per heavy atom. The maximum absolute atomic E-state index is 12.1. The van der Waals surface area contributed by atoms with E-state index in [9.17, 15) is 19.2 Å². The molecule has 0 bridgehead atoms. The molecule has 1 heterocycles. The van der Waals surface area contributed by atoms with Crippen LogP contribution in [0.3, 0.4) is 0 Å². The number of nitrogens with zero attached hydrogens (tertiary/aromatic N) is 1. The van der Waals surface area contributed by atoms with Crippen molar-refractivity contribution in [2.24, 2.45) is 17.8 Å². The van der Waals surface area contributed by atoms with Crippen molar-refractivity contribution in [2.45, 2.75) is 106 Å². The van der Waals surface area contributed by atoms with E-state index in [1.807, 2.05) is 18.2 Å². The first kappa shape index (κ1) is 39.3. The van der Waals surface area contributed by atoms with E-state index in [0.717, 1.165) is 51.4 Å². The molecule has 2 rings (SSSR count). The van der Waals surface area contributed by atoms with Gasteiger partial charge in [0.05, 0.1) is 25.6 Å². The van der Waals surface area contributed by atoms with Gasteiger partial charge in [-0.3, -0.25) is 14.4 Å². The molecular weight excluding hydrogens is 572 g/mol. The highest BCUT2D eigenvalue weighted by molar-refractivity contribution is 5.88. The van der Waals surface area contributed by atoms with Gasteiger partial charge in [0.25, 0.3) is 0 Å². The number of esters is 3. The van der Waals surface area contributed by atoms with Crippen LogP contribution in [0.15, 0.2) is 54.9 Å². The molecule has 0 saturated carbocycles. The molecule has 9 heteroatoms. The molecule has 0 aliphatic heterocycles. The Labute approximate surface area is 270 Å². The molecule has 2 aromatic rings. The minimum Gasteiger partial charge on any atom is -0.465 e. The van der Waals surface area contributed by atoms with Crippen LogP contribution >= 0.6 is 0 Å². The van der Waals surface area contributed by atoms with E-state index in [2.05, 4.69) is 33.0 Å². The summed E-state index contributed by atoms with van der Waals surface area (Å²) in [5, 5.41) is 2.64. The second kappa shape index (κ2) is 23.6. The predicted molar refractivity (Wildman–Crippen MR) is 175 cm³/mol. The highest BCUT2D eigenvalue weighted by Gasteiger charge is 2.21. The summed E-state index contributed by atoms with van der Waals surface area (Å²) >= 11 is 0. The highest BCUT2D eigenvalue weighted by atomic mass is 16.5. The Bertz CT molecular complexity index is 1120. The zero-order valence-electron chi connectivity index (χ0n) is 28.2. The summed E-state index contributed by atoms with van der Waals surface area (Å²) < 4.78 is 17.7. The lowest BCUT2D eigenvalue weighted by molar-refractivity contribution is -0.685. The first-order valence-electron chi connectivity index (χ1n) is 16.5. The van der Waals surface area contributed by atoms with E-state index in [0.29, 0.717) is 36.5 Å². The second-order valence-electron chi connectivity index (χ2n) is 11.5. The van der Waals surface area contributed by atoms with Crippen LogP contribution in [0, 0.1) is 17.8 Å². The van der Waals surface area contributed by atoms with Gasteiger partial charge < -0.3 is 19.5 Å². The second-order valence-corrected chi connectivity index (χ2v) is 11.5. The van der Waals surface area contributed by atoms with Gasteiger partial charge in [0.1, 0.15) is 5.75 Å². The summed E-state index contributed by atoms with van der Waals surface area (Å²) in [5.41, 5.74) is 0.662. The molecule has 1 N–H and O–H groups in total. The van der Waals surface area contributed by atoms with Gasteiger partial charge in [0.15, 0.2) is 12.4 Å². The van der Waals surface area contributed by atoms with Crippen molar-refractivity contribution in [1.82, 2.24) is 0 Å². The lowest BCUT2D eigenvalue weighted by Gasteiger charge is -2.18. The average Bonchev–Trinajstić information content (AvgIpc) is 3.02. The Kier molecular flexibility index (Phi) is 20.6. The van der Waals surface area contributed by atoms with E-state index in [1.165, 1.54) is 6.92 Å². The van der Waals surface area contributed by atoms with Crippen LogP contribution in [0.5, 0.6) is 5.75 Å². The van der Waals surface area contributed by atoms with Crippen molar-refractivity contribution in [3.8, 4) is 5.75 Å². The minimum absolute atomic E-state index is 0.106. The monoisotopic (exact) mass is 627 g/mol. The summed E-state index contributed by atoms with van der Waals surface area (Å²) in [4.78, 5) is 46.6. The normalized spacial score (nSPS) is 12.5. The fraction of sp³-hybridized carbons (Fsp3) is 0.583. The third-order valence-electron chi connectivity index (χ3n) is 7.40. The number of aromatic nitrogens is 1. The van der Waals surface area contributed by atoms with Crippen molar-refractivity contribution >= 4 is 29.5 Å². The molecule has 1 aromatic carbocycles. The molecular formula is C36H55N2O7+. The Hall–Kier alpha value is -3.75. The van der Waals surface area contributed by atoms with Crippen LogP contribution in [0.1, 0.15) is 99.3 Å². The summed E-state index contributed by atoms with van der Waals surface area (Å²) in [5.74, 6) is -0.222. The number of hydrogen-bond acceptors (Lipinski definition) is 7. The van der Waals surface area contributed by atoms with Gasteiger partial charge in [-0.15, -0.1) is 0 Å². The van der Waals surface area contributed by atoms with Gasteiger partial charge in [-0.2, -0.15) is 4.57 Å². The average molecular weight is 628 g/mol. The van der Waals surface area contributed by atoms with Gasteiger partial charge >= 0.3 is 17.9 Å². The molecule has 0 radical (unpaired) electrons. The van der Waals surface area contributed by atoms with Crippen LogP contribution in [-0.2, 0) is 35.2 Å². The SMILES string of the molecule is CC(=O)Nc1ccc(OC(=O)C[n+]2ccccc2)cc1.CCCCC(CC)COC(=O)CC(C)C(=O)OCC(CC)CCCC. The van der Waals surface area contributed by atoms with Crippen LogP contribution < -0.4 is 14.6 Å². The zero-order valence-corrected chi connectivity index (χ0v) is 28.2. The molecule has 45 heavy (non-hydrogen) atoms. The van der Waals surface area contributed by atoms with E-state index < -0.39 is 5.92 Å². The highest BCUT2D eigenvalue weighted by Crippen LogP contribution is 2.17. The molecule has 0 saturated heterocycles. The maximum atomic E-state index is 12.1. The molecule has 1 aromatic heterocycles. The molecule has 0 aliphatic rings. The van der Waals surface area contributed by atoms with Crippen molar-refractivity contribution in [2.75, 3.05) is 18.5 Å². The van der Waals surface area contributed by atoms with Gasteiger partial charge in [0.2, 0.25) is 12.5 Å². The topological polar surface area (TPSA) is 112 Å². The Morgan fingerprint density at radius 2 is 1.33 bits per heavy atom. The van der Waals surface area contributed by atoms with Crippen LogP contribution in [0.2, 0.25) is 0 Å². The van der Waals surface area contributed by atoms with Gasteiger partial charge in [0, 0.05) is 24.7 Å². The van der Waals surface area contributed by atoms with Crippen molar-refractivity contribution in [1.29, 1.82) is 0 Å². The predicted octanol–water partition coefficient (Wildman–Crippen LogP) is 7.07. The van der Waals surface area contributed by atoms with Crippen molar-refractivity contribution < 1.29 is 38.0 Å².